The smallest absolute Gasteiger partial charge is 0.462 e. The minimum atomic E-state index is -4.96. The van der Waals surface area contributed by atoms with Gasteiger partial charge in [0.25, 0.3) is 0 Å². The van der Waals surface area contributed by atoms with Gasteiger partial charge >= 0.3 is 39.5 Å². The number of aliphatic hydroxyl groups is 1. The zero-order valence-corrected chi connectivity index (χ0v) is 65.9. The highest BCUT2D eigenvalue weighted by atomic mass is 31.2. The molecule has 0 heterocycles. The van der Waals surface area contributed by atoms with Crippen molar-refractivity contribution >= 4 is 39.5 Å². The van der Waals surface area contributed by atoms with E-state index in [9.17, 15) is 43.2 Å². The van der Waals surface area contributed by atoms with Crippen LogP contribution in [0.1, 0.15) is 414 Å². The summed E-state index contributed by atoms with van der Waals surface area (Å²) in [6.07, 6.45) is 59.6. The lowest BCUT2D eigenvalue weighted by Gasteiger charge is -2.21. The van der Waals surface area contributed by atoms with E-state index in [1.54, 1.807) is 0 Å². The van der Waals surface area contributed by atoms with Crippen molar-refractivity contribution < 1.29 is 80.2 Å². The molecule has 0 aliphatic heterocycles. The van der Waals surface area contributed by atoms with E-state index in [0.717, 1.165) is 102 Å². The normalized spacial score (nSPS) is 14.2. The van der Waals surface area contributed by atoms with Gasteiger partial charge in [-0.1, -0.05) is 363 Å². The van der Waals surface area contributed by atoms with Gasteiger partial charge in [0.05, 0.1) is 26.4 Å². The molecule has 0 aromatic rings. The first-order valence-electron chi connectivity index (χ1n) is 41.0. The van der Waals surface area contributed by atoms with E-state index in [4.69, 9.17) is 37.0 Å². The molecule has 6 atom stereocenters. The average molecular weight is 1440 g/mol. The fourth-order valence-electron chi connectivity index (χ4n) is 12.2. The Kier molecular flexibility index (Phi) is 69.3. The van der Waals surface area contributed by atoms with E-state index in [1.165, 1.54) is 231 Å². The average Bonchev–Trinajstić information content (AvgIpc) is 1.04. The summed E-state index contributed by atoms with van der Waals surface area (Å²) in [5.74, 6) is -0.566. The SMILES string of the molecule is CCCCCCCCCCCCCCCCCCCCCCC(=O)O[C@H](COC(=O)CCCCCCCCCCCCC(C)CC)COP(=O)(O)OC[C@@H](O)COP(=O)(O)OC[C@@H](COC(=O)CCCCCCCCCCCCCC)OC(=O)CCCCCCCCCCCC(C)C. The predicted molar refractivity (Wildman–Crippen MR) is 400 cm³/mol. The Balaban J connectivity index is 5.24. The molecule has 0 saturated heterocycles. The summed E-state index contributed by atoms with van der Waals surface area (Å²) in [6, 6.07) is 0. The maximum Gasteiger partial charge on any atom is 0.472 e. The van der Waals surface area contributed by atoms with E-state index in [-0.39, 0.29) is 25.7 Å². The van der Waals surface area contributed by atoms with Crippen molar-refractivity contribution in [1.82, 2.24) is 0 Å². The number of hydrogen-bond donors (Lipinski definition) is 3. The Hall–Kier alpha value is -1.94. The van der Waals surface area contributed by atoms with Gasteiger partial charge in [-0.15, -0.1) is 0 Å². The van der Waals surface area contributed by atoms with E-state index in [1.807, 2.05) is 0 Å². The predicted octanol–water partition coefficient (Wildman–Crippen LogP) is 23.5. The van der Waals surface area contributed by atoms with Crippen molar-refractivity contribution in [3.63, 3.8) is 0 Å². The molecule has 98 heavy (non-hydrogen) atoms. The monoisotopic (exact) mass is 1440 g/mol. The van der Waals surface area contributed by atoms with Gasteiger partial charge in [0.2, 0.25) is 0 Å². The largest absolute Gasteiger partial charge is 0.472 e. The first-order valence-corrected chi connectivity index (χ1v) is 44.0. The molecule has 582 valence electrons. The highest BCUT2D eigenvalue weighted by Gasteiger charge is 2.30. The number of hydrogen-bond acceptors (Lipinski definition) is 15. The second kappa shape index (κ2) is 70.7. The van der Waals surface area contributed by atoms with Gasteiger partial charge < -0.3 is 33.8 Å². The number of carbonyl (C=O) groups excluding carboxylic acids is 4. The fourth-order valence-corrected chi connectivity index (χ4v) is 13.7. The quantitative estimate of drug-likeness (QED) is 0.0222. The maximum absolute atomic E-state index is 13.1. The van der Waals surface area contributed by atoms with Crippen LogP contribution in [-0.2, 0) is 65.4 Å². The number of rotatable bonds is 78. The minimum Gasteiger partial charge on any atom is -0.462 e. The van der Waals surface area contributed by atoms with Crippen LogP contribution < -0.4 is 0 Å². The fraction of sp³-hybridized carbons (Fsp3) is 0.949. The van der Waals surface area contributed by atoms with Crippen LogP contribution in [0, 0.1) is 11.8 Å². The highest BCUT2D eigenvalue weighted by molar-refractivity contribution is 7.47. The van der Waals surface area contributed by atoms with Crippen LogP contribution in [0.5, 0.6) is 0 Å². The summed E-state index contributed by atoms with van der Waals surface area (Å²) in [5, 5.41) is 10.6. The van der Waals surface area contributed by atoms with E-state index in [2.05, 4.69) is 41.5 Å². The molecule has 19 heteroatoms. The van der Waals surface area contributed by atoms with Crippen LogP contribution >= 0.6 is 15.6 Å². The molecular formula is C79H154O17P2. The van der Waals surface area contributed by atoms with Crippen LogP contribution in [0.4, 0.5) is 0 Å². The lowest BCUT2D eigenvalue weighted by Crippen LogP contribution is -2.30. The van der Waals surface area contributed by atoms with Crippen LogP contribution in [0.3, 0.4) is 0 Å². The van der Waals surface area contributed by atoms with Crippen molar-refractivity contribution in [1.29, 1.82) is 0 Å². The standard InChI is InChI=1S/C79H154O17P2/c1-7-10-12-14-16-18-20-22-23-24-25-26-27-28-29-31-39-45-51-57-63-78(83)95-74(67-90-77(82)62-56-50-44-38-33-32-36-42-48-54-60-72(6)9-3)69-93-97(85,86)91-65-73(80)66-92-98(87,88)94-70-75(96-79(84)64-58-52-46-40-34-35-41-47-53-59-71(4)5)68-89-76(81)61-55-49-43-37-30-21-19-17-15-13-11-8-2/h71-75,80H,7-70H2,1-6H3,(H,85,86)(H,87,88)/t72?,73-,74-,75-/m1/s1. The summed E-state index contributed by atoms with van der Waals surface area (Å²) >= 11 is 0. The van der Waals surface area contributed by atoms with Crippen LogP contribution in [-0.4, -0.2) is 96.7 Å². The summed E-state index contributed by atoms with van der Waals surface area (Å²) in [4.78, 5) is 72.9. The van der Waals surface area contributed by atoms with Crippen molar-refractivity contribution in [2.45, 2.75) is 432 Å². The molecule has 0 spiro atoms. The summed E-state index contributed by atoms with van der Waals surface area (Å²) in [5.41, 5.74) is 0. The van der Waals surface area contributed by atoms with Gasteiger partial charge in [0.15, 0.2) is 12.2 Å². The van der Waals surface area contributed by atoms with Crippen LogP contribution in [0.2, 0.25) is 0 Å². The van der Waals surface area contributed by atoms with Crippen LogP contribution in [0.15, 0.2) is 0 Å². The molecule has 0 aromatic heterocycles. The molecular weight excluding hydrogens is 1280 g/mol. The van der Waals surface area contributed by atoms with Crippen molar-refractivity contribution in [3.8, 4) is 0 Å². The minimum absolute atomic E-state index is 0.106. The molecule has 0 amide bonds. The molecule has 3 unspecified atom stereocenters. The zero-order valence-electron chi connectivity index (χ0n) is 64.1. The van der Waals surface area contributed by atoms with Gasteiger partial charge in [-0.2, -0.15) is 0 Å². The molecule has 0 aliphatic rings. The Morgan fingerprint density at radius 3 is 0.776 bits per heavy atom. The molecule has 0 fully saturated rings. The maximum atomic E-state index is 13.1. The molecule has 3 N–H and O–H groups in total. The number of phosphoric ester groups is 2. The highest BCUT2D eigenvalue weighted by Crippen LogP contribution is 2.45. The van der Waals surface area contributed by atoms with Gasteiger partial charge in [-0.25, -0.2) is 9.13 Å². The molecule has 0 aliphatic carbocycles. The number of carbonyl (C=O) groups is 4. The molecule has 0 bridgehead atoms. The third-order valence-electron chi connectivity index (χ3n) is 18.8. The Bertz CT molecular complexity index is 1890. The van der Waals surface area contributed by atoms with Gasteiger partial charge in [0.1, 0.15) is 19.3 Å². The second-order valence-electron chi connectivity index (χ2n) is 29.2. The van der Waals surface area contributed by atoms with E-state index < -0.39 is 97.5 Å². The lowest BCUT2D eigenvalue weighted by molar-refractivity contribution is -0.161. The number of esters is 4. The second-order valence-corrected chi connectivity index (χ2v) is 32.1. The number of unbranched alkanes of at least 4 members (excludes halogenated alkanes) is 47. The third-order valence-corrected chi connectivity index (χ3v) is 20.7. The molecule has 17 nitrogen and oxygen atoms in total. The molecule has 0 aromatic carbocycles. The van der Waals surface area contributed by atoms with Crippen LogP contribution in [0.25, 0.3) is 0 Å². The van der Waals surface area contributed by atoms with Gasteiger partial charge in [-0.3, -0.25) is 37.3 Å². The Labute approximate surface area is 600 Å². The first kappa shape index (κ1) is 96.1. The topological polar surface area (TPSA) is 237 Å². The lowest BCUT2D eigenvalue weighted by atomic mass is 9.99. The number of ether oxygens (including phenoxy) is 4. The van der Waals surface area contributed by atoms with E-state index >= 15 is 0 Å². The van der Waals surface area contributed by atoms with Gasteiger partial charge in [-0.05, 0) is 37.5 Å². The summed E-state index contributed by atoms with van der Waals surface area (Å²) in [6.45, 7) is 9.62. The molecule has 0 saturated carbocycles. The van der Waals surface area contributed by atoms with Crippen molar-refractivity contribution in [2.75, 3.05) is 39.6 Å². The van der Waals surface area contributed by atoms with Crippen molar-refractivity contribution in [3.05, 3.63) is 0 Å². The summed E-state index contributed by atoms with van der Waals surface area (Å²) < 4.78 is 68.6. The number of aliphatic hydroxyl groups excluding tert-OH is 1. The summed E-state index contributed by atoms with van der Waals surface area (Å²) in [7, 11) is -9.92. The van der Waals surface area contributed by atoms with Crippen molar-refractivity contribution in [2.24, 2.45) is 11.8 Å². The third kappa shape index (κ3) is 71.1. The Morgan fingerprint density at radius 1 is 0.296 bits per heavy atom. The Morgan fingerprint density at radius 2 is 0.520 bits per heavy atom. The first-order chi connectivity index (χ1) is 47.4. The van der Waals surface area contributed by atoms with Gasteiger partial charge in [0, 0.05) is 25.7 Å². The zero-order chi connectivity index (χ0) is 72.1. The molecule has 0 rings (SSSR count). The van der Waals surface area contributed by atoms with E-state index in [0.29, 0.717) is 25.7 Å². The molecule has 0 radical (unpaired) electrons. The number of phosphoric acid groups is 2.